The number of rotatable bonds is 5. The third-order valence-corrected chi connectivity index (χ3v) is 3.29. The number of pyridine rings is 1. The second kappa shape index (κ2) is 6.87. The van der Waals surface area contributed by atoms with Gasteiger partial charge in [0.15, 0.2) is 6.29 Å². The number of nitrogens with zero attached hydrogens (tertiary/aromatic N) is 1. The van der Waals surface area contributed by atoms with E-state index in [4.69, 9.17) is 0 Å². The lowest BCUT2D eigenvalue weighted by Crippen LogP contribution is -2.01. The first-order valence-electron chi connectivity index (χ1n) is 7.15. The second-order valence-electron chi connectivity index (χ2n) is 5.02. The van der Waals surface area contributed by atoms with E-state index < -0.39 is 11.6 Å². The van der Waals surface area contributed by atoms with Crippen LogP contribution >= 0.6 is 0 Å². The van der Waals surface area contributed by atoms with E-state index in [-0.39, 0.29) is 5.69 Å². The SMILES string of the molecule is O=Cc1cc(Nc2ccc(F)cc2F)cnc1Nc1ccccc1. The van der Waals surface area contributed by atoms with Crippen LogP contribution in [0.4, 0.5) is 31.7 Å². The fourth-order valence-electron chi connectivity index (χ4n) is 2.15. The van der Waals surface area contributed by atoms with Crippen LogP contribution in [0.3, 0.4) is 0 Å². The molecule has 1 heterocycles. The number of benzene rings is 2. The molecule has 4 nitrogen and oxygen atoms in total. The van der Waals surface area contributed by atoms with Crippen molar-refractivity contribution in [2.75, 3.05) is 10.6 Å². The molecule has 0 spiro atoms. The predicted octanol–water partition coefficient (Wildman–Crippen LogP) is 4.66. The Hall–Kier alpha value is -3.28. The lowest BCUT2D eigenvalue weighted by molar-refractivity contribution is 0.112. The van der Waals surface area contributed by atoms with Crippen LogP contribution in [0.15, 0.2) is 60.8 Å². The van der Waals surface area contributed by atoms with Crippen LogP contribution in [-0.2, 0) is 0 Å². The van der Waals surface area contributed by atoms with Gasteiger partial charge in [0.2, 0.25) is 0 Å². The number of hydrogen-bond acceptors (Lipinski definition) is 4. The maximum Gasteiger partial charge on any atom is 0.153 e. The summed E-state index contributed by atoms with van der Waals surface area (Å²) in [4.78, 5) is 15.5. The van der Waals surface area contributed by atoms with E-state index in [0.29, 0.717) is 23.4 Å². The molecule has 0 aliphatic carbocycles. The first-order valence-corrected chi connectivity index (χ1v) is 7.15. The third kappa shape index (κ3) is 3.55. The van der Waals surface area contributed by atoms with Crippen molar-refractivity contribution in [2.45, 2.75) is 0 Å². The molecule has 1 aromatic heterocycles. The first kappa shape index (κ1) is 15.6. The molecule has 24 heavy (non-hydrogen) atoms. The standard InChI is InChI=1S/C18H13F2N3O/c19-13-6-7-17(16(20)9-13)22-15-8-12(11-24)18(21-10-15)23-14-4-2-1-3-5-14/h1-11,22H,(H,21,23). The molecule has 2 N–H and O–H groups in total. The Morgan fingerprint density at radius 1 is 0.917 bits per heavy atom. The Kier molecular flexibility index (Phi) is 4.47. The Morgan fingerprint density at radius 3 is 2.42 bits per heavy atom. The molecule has 3 rings (SSSR count). The molecule has 0 unspecified atom stereocenters. The zero-order chi connectivity index (χ0) is 16.9. The highest BCUT2D eigenvalue weighted by molar-refractivity contribution is 5.86. The molecular weight excluding hydrogens is 312 g/mol. The zero-order valence-corrected chi connectivity index (χ0v) is 12.5. The van der Waals surface area contributed by atoms with Crippen molar-refractivity contribution in [3.05, 3.63) is 78.0 Å². The molecule has 0 fully saturated rings. The summed E-state index contributed by atoms with van der Waals surface area (Å²) in [7, 11) is 0. The number of halogens is 2. The van der Waals surface area contributed by atoms with Crippen molar-refractivity contribution in [1.82, 2.24) is 4.98 Å². The molecular formula is C18H13F2N3O. The number of carbonyl (C=O) groups excluding carboxylic acids is 1. The predicted molar refractivity (Wildman–Crippen MR) is 89.0 cm³/mol. The molecule has 0 atom stereocenters. The van der Waals surface area contributed by atoms with Crippen LogP contribution in [0.25, 0.3) is 0 Å². The molecule has 0 amide bonds. The average molecular weight is 325 g/mol. The van der Waals surface area contributed by atoms with E-state index in [9.17, 15) is 13.6 Å². The van der Waals surface area contributed by atoms with Crippen LogP contribution < -0.4 is 10.6 Å². The van der Waals surface area contributed by atoms with Crippen LogP contribution in [-0.4, -0.2) is 11.3 Å². The van der Waals surface area contributed by atoms with Gasteiger partial charge in [-0.15, -0.1) is 0 Å². The molecule has 120 valence electrons. The van der Waals surface area contributed by atoms with Gasteiger partial charge < -0.3 is 10.6 Å². The minimum atomic E-state index is -0.728. The molecule has 3 aromatic rings. The van der Waals surface area contributed by atoms with Gasteiger partial charge in [-0.25, -0.2) is 13.8 Å². The maximum atomic E-state index is 13.7. The lowest BCUT2D eigenvalue weighted by Gasteiger charge is -2.11. The number of aldehydes is 1. The number of anilines is 4. The summed E-state index contributed by atoms with van der Waals surface area (Å²) in [5.41, 5.74) is 1.62. The van der Waals surface area contributed by atoms with Crippen LogP contribution in [0.5, 0.6) is 0 Å². The van der Waals surface area contributed by atoms with Gasteiger partial charge in [-0.1, -0.05) is 18.2 Å². The number of para-hydroxylation sites is 1. The van der Waals surface area contributed by atoms with Crippen molar-refractivity contribution in [2.24, 2.45) is 0 Å². The largest absolute Gasteiger partial charge is 0.352 e. The van der Waals surface area contributed by atoms with Gasteiger partial charge in [0.1, 0.15) is 17.5 Å². The summed E-state index contributed by atoms with van der Waals surface area (Å²) >= 11 is 0. The van der Waals surface area contributed by atoms with Crippen molar-refractivity contribution in [3.8, 4) is 0 Å². The number of carbonyl (C=O) groups is 1. The van der Waals surface area contributed by atoms with Crippen LogP contribution in [0, 0.1) is 11.6 Å². The summed E-state index contributed by atoms with van der Waals surface area (Å²) < 4.78 is 26.6. The Morgan fingerprint density at radius 2 is 1.71 bits per heavy atom. The molecule has 0 aliphatic rings. The van der Waals surface area contributed by atoms with Crippen molar-refractivity contribution in [1.29, 1.82) is 0 Å². The topological polar surface area (TPSA) is 54.0 Å². The Bertz CT molecular complexity index is 869. The fourth-order valence-corrected chi connectivity index (χ4v) is 2.15. The molecule has 2 aromatic carbocycles. The van der Waals surface area contributed by atoms with E-state index in [1.54, 1.807) is 0 Å². The number of nitrogens with one attached hydrogen (secondary N) is 2. The molecule has 0 saturated heterocycles. The van der Waals surface area contributed by atoms with Crippen molar-refractivity contribution < 1.29 is 13.6 Å². The normalized spacial score (nSPS) is 10.2. The van der Waals surface area contributed by atoms with Gasteiger partial charge in [-0.2, -0.15) is 0 Å². The number of hydrogen-bond donors (Lipinski definition) is 2. The Balaban J connectivity index is 1.85. The quantitative estimate of drug-likeness (QED) is 0.670. The van der Waals surface area contributed by atoms with Gasteiger partial charge in [-0.05, 0) is 30.3 Å². The minimum Gasteiger partial charge on any atom is -0.352 e. The second-order valence-corrected chi connectivity index (χ2v) is 5.02. The Labute approximate surface area is 137 Å². The van der Waals surface area contributed by atoms with E-state index in [1.807, 2.05) is 30.3 Å². The van der Waals surface area contributed by atoms with Crippen molar-refractivity contribution in [3.63, 3.8) is 0 Å². The maximum absolute atomic E-state index is 13.7. The molecule has 0 saturated carbocycles. The number of aromatic nitrogens is 1. The average Bonchev–Trinajstić information content (AvgIpc) is 2.59. The van der Waals surface area contributed by atoms with Gasteiger partial charge in [-0.3, -0.25) is 4.79 Å². The first-order chi connectivity index (χ1) is 11.7. The monoisotopic (exact) mass is 325 g/mol. The van der Waals surface area contributed by atoms with Gasteiger partial charge in [0.05, 0.1) is 23.1 Å². The van der Waals surface area contributed by atoms with Gasteiger partial charge in [0.25, 0.3) is 0 Å². The summed E-state index contributed by atoms with van der Waals surface area (Å²) in [6, 6.07) is 14.0. The summed E-state index contributed by atoms with van der Waals surface area (Å²) in [6.07, 6.45) is 2.12. The highest BCUT2D eigenvalue weighted by atomic mass is 19.1. The van der Waals surface area contributed by atoms with Crippen molar-refractivity contribution >= 4 is 29.2 Å². The summed E-state index contributed by atoms with van der Waals surface area (Å²) in [5.74, 6) is -0.998. The summed E-state index contributed by atoms with van der Waals surface area (Å²) in [5, 5.41) is 5.81. The minimum absolute atomic E-state index is 0.0961. The molecule has 0 radical (unpaired) electrons. The van der Waals surface area contributed by atoms with Gasteiger partial charge in [0, 0.05) is 11.8 Å². The molecule has 6 heteroatoms. The summed E-state index contributed by atoms with van der Waals surface area (Å²) in [6.45, 7) is 0. The zero-order valence-electron chi connectivity index (χ0n) is 12.5. The van der Waals surface area contributed by atoms with Crippen LogP contribution in [0.1, 0.15) is 10.4 Å². The van der Waals surface area contributed by atoms with E-state index in [1.165, 1.54) is 18.3 Å². The fraction of sp³-hybridized carbons (Fsp3) is 0. The van der Waals surface area contributed by atoms with Gasteiger partial charge >= 0.3 is 0 Å². The lowest BCUT2D eigenvalue weighted by atomic mass is 10.2. The molecule has 0 aliphatic heterocycles. The highest BCUT2D eigenvalue weighted by Gasteiger charge is 2.08. The molecule has 0 bridgehead atoms. The van der Waals surface area contributed by atoms with Crippen LogP contribution in [0.2, 0.25) is 0 Å². The highest BCUT2D eigenvalue weighted by Crippen LogP contribution is 2.24. The smallest absolute Gasteiger partial charge is 0.153 e. The van der Waals surface area contributed by atoms with E-state index >= 15 is 0 Å². The van der Waals surface area contributed by atoms with E-state index in [0.717, 1.165) is 17.8 Å². The van der Waals surface area contributed by atoms with E-state index in [2.05, 4.69) is 15.6 Å². The third-order valence-electron chi connectivity index (χ3n) is 3.29.